The summed E-state index contributed by atoms with van der Waals surface area (Å²) in [6.45, 7) is 5.85. The zero-order valence-corrected chi connectivity index (χ0v) is 10.5. The predicted octanol–water partition coefficient (Wildman–Crippen LogP) is 3.23. The van der Waals surface area contributed by atoms with Crippen LogP contribution in [0, 0.1) is 0 Å². The maximum absolute atomic E-state index is 11.7. The van der Waals surface area contributed by atoms with E-state index in [1.54, 1.807) is 8.98 Å². The summed E-state index contributed by atoms with van der Waals surface area (Å²) >= 11 is 1.98. The first-order valence-corrected chi connectivity index (χ1v) is 5.53. The second-order valence-corrected chi connectivity index (χ2v) is 4.55. The Kier molecular flexibility index (Phi) is 2.65. The molecule has 0 N–H and O–H groups in total. The van der Waals surface area contributed by atoms with Gasteiger partial charge in [-0.25, -0.2) is 0 Å². The first-order valence-electron chi connectivity index (χ1n) is 4.57. The number of pyridine rings is 1. The van der Waals surface area contributed by atoms with Gasteiger partial charge < -0.3 is 0 Å². The van der Waals surface area contributed by atoms with Gasteiger partial charge in [0.2, 0.25) is 0 Å². The summed E-state index contributed by atoms with van der Waals surface area (Å²) < 4.78 is 1.56. The van der Waals surface area contributed by atoms with Gasteiger partial charge >= 0.3 is 0 Å². The normalized spacial score (nSPS) is 10.5. The van der Waals surface area contributed by atoms with Gasteiger partial charge in [0.15, 0.2) is 0 Å². The summed E-state index contributed by atoms with van der Waals surface area (Å²) in [5.74, 6) is 0. The van der Waals surface area contributed by atoms with E-state index in [-0.39, 0.29) is 5.56 Å². The number of rotatable bonds is 1. The van der Waals surface area contributed by atoms with Crippen LogP contribution in [0.15, 0.2) is 41.8 Å². The lowest BCUT2D eigenvalue weighted by molar-refractivity contribution is 1.23. The van der Waals surface area contributed by atoms with Crippen LogP contribution < -0.4 is 5.56 Å². The molecule has 0 amide bonds. The lowest BCUT2D eigenvalue weighted by atomic mass is 10.0. The zero-order chi connectivity index (χ0) is 11.0. The van der Waals surface area contributed by atoms with E-state index in [1.165, 1.54) is 0 Å². The molecule has 2 rings (SSSR count). The summed E-state index contributed by atoms with van der Waals surface area (Å²) in [6, 6.07) is 7.73. The third-order valence-electron chi connectivity index (χ3n) is 2.35. The SMILES string of the molecule is C=C(C)c1ccc2c(=O)n(I)ccc2c1. The monoisotopic (exact) mass is 311 g/mol. The number of aromatic nitrogens is 1. The van der Waals surface area contributed by atoms with E-state index in [2.05, 4.69) is 6.58 Å². The highest BCUT2D eigenvalue weighted by Crippen LogP contribution is 2.17. The molecule has 76 valence electrons. The highest BCUT2D eigenvalue weighted by atomic mass is 127. The molecule has 0 saturated carbocycles. The van der Waals surface area contributed by atoms with Crippen molar-refractivity contribution in [3.63, 3.8) is 0 Å². The Balaban J connectivity index is 2.81. The maximum Gasteiger partial charge on any atom is 0.267 e. The van der Waals surface area contributed by atoms with Crippen LogP contribution in [-0.4, -0.2) is 2.78 Å². The van der Waals surface area contributed by atoms with Crippen LogP contribution in [0.3, 0.4) is 0 Å². The van der Waals surface area contributed by atoms with Gasteiger partial charge in [-0.3, -0.25) is 7.58 Å². The van der Waals surface area contributed by atoms with Gasteiger partial charge in [-0.05, 0) is 36.1 Å². The summed E-state index contributed by atoms with van der Waals surface area (Å²) in [7, 11) is 0. The van der Waals surface area contributed by atoms with Crippen molar-refractivity contribution in [2.24, 2.45) is 0 Å². The number of allylic oxidation sites excluding steroid dienone is 1. The maximum atomic E-state index is 11.7. The molecule has 0 spiro atoms. The van der Waals surface area contributed by atoms with Gasteiger partial charge in [-0.2, -0.15) is 0 Å². The lowest BCUT2D eigenvalue weighted by Gasteiger charge is -2.03. The fourth-order valence-electron chi connectivity index (χ4n) is 1.49. The molecule has 2 aromatic rings. The van der Waals surface area contributed by atoms with E-state index in [9.17, 15) is 4.79 Å². The molecular weight excluding hydrogens is 301 g/mol. The van der Waals surface area contributed by atoms with E-state index in [4.69, 9.17) is 0 Å². The summed E-state index contributed by atoms with van der Waals surface area (Å²) in [5, 5.41) is 1.71. The minimum absolute atomic E-state index is 0.0290. The second-order valence-electron chi connectivity index (χ2n) is 3.51. The molecule has 0 unspecified atom stereocenters. The first kappa shape index (κ1) is 10.4. The van der Waals surface area contributed by atoms with Gasteiger partial charge in [-0.1, -0.05) is 18.2 Å². The Morgan fingerprint density at radius 3 is 2.80 bits per heavy atom. The predicted molar refractivity (Wildman–Crippen MR) is 72.3 cm³/mol. The van der Waals surface area contributed by atoms with Gasteiger partial charge in [0, 0.05) is 11.6 Å². The van der Waals surface area contributed by atoms with Crippen molar-refractivity contribution in [1.82, 2.24) is 2.78 Å². The third-order valence-corrected chi connectivity index (χ3v) is 3.11. The van der Waals surface area contributed by atoms with Crippen LogP contribution in [0.25, 0.3) is 16.3 Å². The van der Waals surface area contributed by atoms with Crippen molar-refractivity contribution in [1.29, 1.82) is 0 Å². The zero-order valence-electron chi connectivity index (χ0n) is 8.33. The number of hydrogen-bond donors (Lipinski definition) is 0. The molecule has 2 nitrogen and oxygen atoms in total. The Morgan fingerprint density at radius 2 is 2.13 bits per heavy atom. The molecule has 15 heavy (non-hydrogen) atoms. The second kappa shape index (κ2) is 3.81. The van der Waals surface area contributed by atoms with Gasteiger partial charge in [-0.15, -0.1) is 0 Å². The minimum Gasteiger partial charge on any atom is -0.268 e. The van der Waals surface area contributed by atoms with Crippen molar-refractivity contribution in [3.8, 4) is 0 Å². The van der Waals surface area contributed by atoms with Crippen molar-refractivity contribution < 1.29 is 0 Å². The molecule has 1 aromatic carbocycles. The number of hydrogen-bond acceptors (Lipinski definition) is 1. The molecule has 0 saturated heterocycles. The number of benzene rings is 1. The fourth-order valence-corrected chi connectivity index (χ4v) is 1.91. The average molecular weight is 311 g/mol. The molecule has 0 fully saturated rings. The molecule has 0 atom stereocenters. The Hall–Kier alpha value is -1.10. The van der Waals surface area contributed by atoms with E-state index < -0.39 is 0 Å². The summed E-state index contributed by atoms with van der Waals surface area (Å²) in [4.78, 5) is 11.7. The fraction of sp³-hybridized carbons (Fsp3) is 0.0833. The highest BCUT2D eigenvalue weighted by Gasteiger charge is 2.02. The van der Waals surface area contributed by atoms with Crippen molar-refractivity contribution in [2.75, 3.05) is 0 Å². The molecule has 0 radical (unpaired) electrons. The summed E-state index contributed by atoms with van der Waals surface area (Å²) in [5.41, 5.74) is 2.12. The molecular formula is C12H10INO. The molecule has 3 heteroatoms. The van der Waals surface area contributed by atoms with Crippen LogP contribution in [0.2, 0.25) is 0 Å². The largest absolute Gasteiger partial charge is 0.268 e. The van der Waals surface area contributed by atoms with Gasteiger partial charge in [0.1, 0.15) is 0 Å². The average Bonchev–Trinajstić information content (AvgIpc) is 2.23. The van der Waals surface area contributed by atoms with E-state index >= 15 is 0 Å². The first-order chi connectivity index (χ1) is 7.09. The van der Waals surface area contributed by atoms with Crippen molar-refractivity contribution >= 4 is 39.2 Å². The van der Waals surface area contributed by atoms with Crippen LogP contribution in [0.1, 0.15) is 12.5 Å². The van der Waals surface area contributed by atoms with Gasteiger partial charge in [0.05, 0.1) is 22.9 Å². The van der Waals surface area contributed by atoms with Crippen molar-refractivity contribution in [2.45, 2.75) is 6.92 Å². The van der Waals surface area contributed by atoms with Crippen LogP contribution in [0.5, 0.6) is 0 Å². The van der Waals surface area contributed by atoms with E-state index in [0.717, 1.165) is 21.9 Å². The Morgan fingerprint density at radius 1 is 1.40 bits per heavy atom. The lowest BCUT2D eigenvalue weighted by Crippen LogP contribution is -2.10. The molecule has 0 aliphatic carbocycles. The minimum atomic E-state index is 0.0290. The Labute approximate surface area is 102 Å². The number of nitrogens with zero attached hydrogens (tertiary/aromatic N) is 1. The standard InChI is InChI=1S/C12H10INO/c1-8(2)9-3-4-11-10(7-9)5-6-14(13)12(11)15/h3-7H,1H2,2H3. The highest BCUT2D eigenvalue weighted by molar-refractivity contribution is 14.1. The van der Waals surface area contributed by atoms with Crippen LogP contribution >= 0.6 is 22.9 Å². The van der Waals surface area contributed by atoms with E-state index in [0.29, 0.717) is 0 Å². The summed E-state index contributed by atoms with van der Waals surface area (Å²) in [6.07, 6.45) is 1.77. The molecule has 0 bridgehead atoms. The molecule has 0 aliphatic heterocycles. The van der Waals surface area contributed by atoms with Crippen LogP contribution in [-0.2, 0) is 0 Å². The topological polar surface area (TPSA) is 22.0 Å². The van der Waals surface area contributed by atoms with Crippen molar-refractivity contribution in [3.05, 3.63) is 53.0 Å². The van der Waals surface area contributed by atoms with E-state index in [1.807, 2.05) is 54.1 Å². The third kappa shape index (κ3) is 1.84. The van der Waals surface area contributed by atoms with Crippen LogP contribution in [0.4, 0.5) is 0 Å². The number of halogens is 1. The van der Waals surface area contributed by atoms with Gasteiger partial charge in [0.25, 0.3) is 5.56 Å². The smallest absolute Gasteiger partial charge is 0.267 e. The molecule has 1 aromatic heterocycles. The molecule has 1 heterocycles. The molecule has 0 aliphatic rings. The quantitative estimate of drug-likeness (QED) is 0.741. The number of fused-ring (bicyclic) bond motifs is 1. The Bertz CT molecular complexity index is 598.